The van der Waals surface area contributed by atoms with E-state index in [2.05, 4.69) is 28.8 Å². The molecular weight excluding hydrogens is 322 g/mol. The third-order valence-corrected chi connectivity index (χ3v) is 5.34. The molecule has 1 saturated carbocycles. The Hall–Kier alpha value is -0.970. The highest BCUT2D eigenvalue weighted by molar-refractivity contribution is 6.30. The molecule has 1 N–H and O–H groups in total. The Morgan fingerprint density at radius 2 is 2.04 bits per heavy atom. The predicted molar refractivity (Wildman–Crippen MR) is 99.5 cm³/mol. The second-order valence-electron chi connectivity index (χ2n) is 6.72. The molecule has 1 aliphatic carbocycles. The molecular formula is C19H30ClN3O. The van der Waals surface area contributed by atoms with Crippen LogP contribution in [0.2, 0.25) is 5.02 Å². The number of ether oxygens (including phenoxy) is 1. The molecule has 0 saturated heterocycles. The fourth-order valence-corrected chi connectivity index (χ4v) is 3.62. The topological polar surface area (TPSA) is 47.0 Å². The summed E-state index contributed by atoms with van der Waals surface area (Å²) < 4.78 is 6.12. The van der Waals surface area contributed by atoms with Crippen molar-refractivity contribution in [1.82, 2.24) is 15.3 Å². The van der Waals surface area contributed by atoms with Crippen LogP contribution in [-0.4, -0.2) is 35.8 Å². The van der Waals surface area contributed by atoms with Gasteiger partial charge >= 0.3 is 0 Å². The van der Waals surface area contributed by atoms with Crippen LogP contribution < -0.4 is 5.32 Å². The van der Waals surface area contributed by atoms with E-state index in [4.69, 9.17) is 16.3 Å². The van der Waals surface area contributed by atoms with E-state index in [1.807, 2.05) is 13.1 Å². The number of rotatable bonds is 9. The summed E-state index contributed by atoms with van der Waals surface area (Å²) in [6, 6.07) is 0.563. The summed E-state index contributed by atoms with van der Waals surface area (Å²) in [6.45, 7) is 7.09. The first-order valence-electron chi connectivity index (χ1n) is 9.04. The van der Waals surface area contributed by atoms with Crippen LogP contribution in [-0.2, 0) is 10.2 Å². The first-order chi connectivity index (χ1) is 11.6. The fraction of sp³-hybridized carbons (Fsp3) is 0.684. The summed E-state index contributed by atoms with van der Waals surface area (Å²) in [5.74, 6) is 0.832. The van der Waals surface area contributed by atoms with Crippen molar-refractivity contribution >= 4 is 11.6 Å². The van der Waals surface area contributed by atoms with Crippen LogP contribution in [0.3, 0.4) is 0 Å². The quantitative estimate of drug-likeness (QED) is 0.674. The summed E-state index contributed by atoms with van der Waals surface area (Å²) in [5, 5.41) is 3.94. The highest BCUT2D eigenvalue weighted by Gasteiger charge is 2.37. The van der Waals surface area contributed by atoms with Crippen molar-refractivity contribution in [3.63, 3.8) is 0 Å². The van der Waals surface area contributed by atoms with E-state index in [-0.39, 0.29) is 5.41 Å². The largest absolute Gasteiger partial charge is 0.378 e. The van der Waals surface area contributed by atoms with Gasteiger partial charge in [0.05, 0.1) is 11.1 Å². The summed E-state index contributed by atoms with van der Waals surface area (Å²) in [4.78, 5) is 8.85. The molecule has 5 heteroatoms. The van der Waals surface area contributed by atoms with Crippen LogP contribution in [0.4, 0.5) is 0 Å². The van der Waals surface area contributed by atoms with E-state index in [9.17, 15) is 0 Å². The van der Waals surface area contributed by atoms with Gasteiger partial charge in [0.25, 0.3) is 0 Å². The first-order valence-corrected chi connectivity index (χ1v) is 9.42. The molecule has 2 rings (SSSR count). The van der Waals surface area contributed by atoms with Gasteiger partial charge < -0.3 is 10.1 Å². The lowest BCUT2D eigenvalue weighted by Gasteiger charge is -2.36. The van der Waals surface area contributed by atoms with E-state index in [0.717, 1.165) is 44.5 Å². The molecule has 1 fully saturated rings. The minimum Gasteiger partial charge on any atom is -0.378 e. The molecule has 4 nitrogen and oxygen atoms in total. The zero-order valence-electron chi connectivity index (χ0n) is 14.9. The number of nitrogens with one attached hydrogen (secondary N) is 1. The molecule has 0 unspecified atom stereocenters. The Balaban J connectivity index is 1.83. The Morgan fingerprint density at radius 1 is 1.38 bits per heavy atom. The minimum atomic E-state index is -0.139. The molecule has 1 aromatic rings. The van der Waals surface area contributed by atoms with Crippen molar-refractivity contribution in [3.8, 4) is 0 Å². The zero-order chi connectivity index (χ0) is 17.4. The van der Waals surface area contributed by atoms with Crippen LogP contribution in [0.5, 0.6) is 0 Å². The maximum Gasteiger partial charge on any atom is 0.138 e. The molecule has 0 amide bonds. The van der Waals surface area contributed by atoms with Gasteiger partial charge in [0.2, 0.25) is 0 Å². The van der Waals surface area contributed by atoms with Crippen molar-refractivity contribution in [1.29, 1.82) is 0 Å². The minimum absolute atomic E-state index is 0.139. The smallest absolute Gasteiger partial charge is 0.138 e. The molecule has 24 heavy (non-hydrogen) atoms. The van der Waals surface area contributed by atoms with Crippen molar-refractivity contribution in [2.45, 2.75) is 69.4 Å². The third-order valence-electron chi connectivity index (χ3n) is 5.15. The van der Waals surface area contributed by atoms with Gasteiger partial charge in [-0.3, -0.25) is 0 Å². The Bertz CT molecular complexity index is 498. The zero-order valence-corrected chi connectivity index (χ0v) is 15.7. The highest BCUT2D eigenvalue weighted by atomic mass is 35.5. The maximum atomic E-state index is 6.12. The summed E-state index contributed by atoms with van der Waals surface area (Å²) in [6.07, 6.45) is 13.2. The molecule has 1 heterocycles. The highest BCUT2D eigenvalue weighted by Crippen LogP contribution is 2.39. The second-order valence-corrected chi connectivity index (χ2v) is 7.15. The van der Waals surface area contributed by atoms with Crippen molar-refractivity contribution < 1.29 is 4.74 Å². The van der Waals surface area contributed by atoms with E-state index >= 15 is 0 Å². The molecule has 0 aliphatic heterocycles. The summed E-state index contributed by atoms with van der Waals surface area (Å²) in [5.41, 5.74) is -0.139. The van der Waals surface area contributed by atoms with Gasteiger partial charge in [0, 0.05) is 30.5 Å². The van der Waals surface area contributed by atoms with Gasteiger partial charge in [0.1, 0.15) is 5.82 Å². The number of halogens is 1. The van der Waals surface area contributed by atoms with Gasteiger partial charge in [-0.1, -0.05) is 31.0 Å². The van der Waals surface area contributed by atoms with E-state index in [1.165, 1.54) is 12.8 Å². The van der Waals surface area contributed by atoms with Gasteiger partial charge in [-0.2, -0.15) is 0 Å². The lowest BCUT2D eigenvalue weighted by molar-refractivity contribution is 0.0124. The first kappa shape index (κ1) is 19.4. The Kier molecular flexibility index (Phi) is 7.66. The fourth-order valence-electron chi connectivity index (χ4n) is 3.52. The average Bonchev–Trinajstić information content (AvgIpc) is 2.62. The number of nitrogens with zero attached hydrogens (tertiary/aromatic N) is 2. The van der Waals surface area contributed by atoms with Crippen LogP contribution in [0, 0.1) is 0 Å². The number of allylic oxidation sites excluding steroid dienone is 1. The molecule has 0 spiro atoms. The monoisotopic (exact) mass is 351 g/mol. The Labute approximate surface area is 151 Å². The van der Waals surface area contributed by atoms with E-state index in [1.54, 1.807) is 12.4 Å². The SMILES string of the molecule is C=CC1(c2ncc(Cl)cn2)CCC(OCC[C@H](CCC)NC)CC1. The number of hydrogen-bond acceptors (Lipinski definition) is 4. The summed E-state index contributed by atoms with van der Waals surface area (Å²) >= 11 is 5.90. The van der Waals surface area contributed by atoms with Crippen LogP contribution in [0.15, 0.2) is 25.0 Å². The standard InChI is InChI=1S/C19H30ClN3O/c1-4-6-16(21-3)9-12-24-17-7-10-19(5-2,11-8-17)18-22-13-15(20)14-23-18/h5,13-14,16-17,21H,2,4,6-12H2,1,3H3/t16-,17?,19?/m0/s1. The van der Waals surface area contributed by atoms with Gasteiger partial charge in [-0.25, -0.2) is 9.97 Å². The van der Waals surface area contributed by atoms with Gasteiger partial charge in [-0.05, 0) is 45.6 Å². The van der Waals surface area contributed by atoms with E-state index in [0.29, 0.717) is 17.2 Å². The lowest BCUT2D eigenvalue weighted by Crippen LogP contribution is -2.35. The molecule has 0 aromatic carbocycles. The van der Waals surface area contributed by atoms with Crippen molar-refractivity contribution in [2.24, 2.45) is 0 Å². The third kappa shape index (κ3) is 5.01. The second kappa shape index (κ2) is 9.50. The average molecular weight is 352 g/mol. The van der Waals surface area contributed by atoms with Crippen molar-refractivity contribution in [3.05, 3.63) is 35.9 Å². The maximum absolute atomic E-state index is 6.12. The van der Waals surface area contributed by atoms with Crippen LogP contribution >= 0.6 is 11.6 Å². The molecule has 1 aliphatic rings. The lowest BCUT2D eigenvalue weighted by atomic mass is 9.72. The van der Waals surface area contributed by atoms with Gasteiger partial charge in [-0.15, -0.1) is 6.58 Å². The molecule has 1 atom stereocenters. The van der Waals surface area contributed by atoms with E-state index < -0.39 is 0 Å². The Morgan fingerprint density at radius 3 is 2.58 bits per heavy atom. The predicted octanol–water partition coefficient (Wildman–Crippen LogP) is 4.29. The molecule has 0 radical (unpaired) electrons. The number of hydrogen-bond donors (Lipinski definition) is 1. The van der Waals surface area contributed by atoms with Crippen molar-refractivity contribution in [2.75, 3.05) is 13.7 Å². The van der Waals surface area contributed by atoms with Gasteiger partial charge in [0.15, 0.2) is 0 Å². The summed E-state index contributed by atoms with van der Waals surface area (Å²) in [7, 11) is 2.03. The normalized spacial score (nSPS) is 25.4. The van der Waals surface area contributed by atoms with Crippen LogP contribution in [0.25, 0.3) is 0 Å². The van der Waals surface area contributed by atoms with Crippen LogP contribution in [0.1, 0.15) is 57.7 Å². The molecule has 0 bridgehead atoms. The molecule has 134 valence electrons. The molecule has 1 aromatic heterocycles. The number of aromatic nitrogens is 2.